The summed E-state index contributed by atoms with van der Waals surface area (Å²) in [4.78, 5) is 1.07. The number of rotatable bonds is 3. The Morgan fingerprint density at radius 2 is 2.08 bits per heavy atom. The van der Waals surface area contributed by atoms with Crippen LogP contribution in [0.5, 0.6) is 0 Å². The van der Waals surface area contributed by atoms with Gasteiger partial charge in [0.05, 0.1) is 11.1 Å². The van der Waals surface area contributed by atoms with Crippen LogP contribution >= 0.6 is 11.8 Å². The van der Waals surface area contributed by atoms with Crippen LogP contribution < -0.4 is 0 Å². The Kier molecular flexibility index (Phi) is 2.67. The molecule has 1 aromatic carbocycles. The van der Waals surface area contributed by atoms with Crippen LogP contribution in [0.2, 0.25) is 0 Å². The molecule has 0 aliphatic heterocycles. The predicted molar refractivity (Wildman–Crippen MR) is 52.5 cm³/mol. The highest BCUT2D eigenvalue weighted by Crippen LogP contribution is 2.21. The van der Waals surface area contributed by atoms with E-state index < -0.39 is 0 Å². The summed E-state index contributed by atoms with van der Waals surface area (Å²) in [5, 5.41) is 3.64. The van der Waals surface area contributed by atoms with E-state index in [0.717, 1.165) is 10.6 Å². The first-order valence-electron chi connectivity index (χ1n) is 4.01. The quantitative estimate of drug-likeness (QED) is 0.697. The third-order valence-electron chi connectivity index (χ3n) is 1.66. The molecule has 0 radical (unpaired) electrons. The Morgan fingerprint density at radius 1 is 1.23 bits per heavy atom. The molecule has 0 N–H and O–H groups in total. The second kappa shape index (κ2) is 4.14. The maximum Gasteiger partial charge on any atom is 0.137 e. The van der Waals surface area contributed by atoms with Gasteiger partial charge in [-0.1, -0.05) is 35.5 Å². The average Bonchev–Trinajstić information content (AvgIpc) is 2.69. The number of hydrogen-bond acceptors (Lipinski definition) is 3. The van der Waals surface area contributed by atoms with Crippen molar-refractivity contribution in [2.45, 2.75) is 10.6 Å². The van der Waals surface area contributed by atoms with Crippen molar-refractivity contribution in [2.75, 3.05) is 0 Å². The van der Waals surface area contributed by atoms with Gasteiger partial charge in [-0.05, 0) is 5.56 Å². The number of hydrogen-bond donors (Lipinski definition) is 0. The maximum atomic E-state index is 4.73. The lowest BCUT2D eigenvalue weighted by molar-refractivity contribution is 0.418. The largest absolute Gasteiger partial charge is 0.364 e. The van der Waals surface area contributed by atoms with E-state index in [4.69, 9.17) is 4.52 Å². The van der Waals surface area contributed by atoms with Crippen LogP contribution in [-0.4, -0.2) is 5.16 Å². The number of benzene rings is 1. The first kappa shape index (κ1) is 8.38. The summed E-state index contributed by atoms with van der Waals surface area (Å²) in [6.07, 6.45) is 3.39. The molecule has 1 aromatic heterocycles. The lowest BCUT2D eigenvalue weighted by atomic mass is 10.2. The van der Waals surface area contributed by atoms with Gasteiger partial charge in [0.2, 0.25) is 0 Å². The summed E-state index contributed by atoms with van der Waals surface area (Å²) >= 11 is 1.72. The van der Waals surface area contributed by atoms with Crippen molar-refractivity contribution in [3.05, 3.63) is 48.4 Å². The molecule has 0 aliphatic carbocycles. The predicted octanol–water partition coefficient (Wildman–Crippen LogP) is 2.97. The minimum Gasteiger partial charge on any atom is -0.364 e. The van der Waals surface area contributed by atoms with Gasteiger partial charge in [0.1, 0.15) is 6.26 Å². The summed E-state index contributed by atoms with van der Waals surface area (Å²) in [7, 11) is 0. The third kappa shape index (κ3) is 2.36. The molecule has 0 amide bonds. The Labute approximate surface area is 80.9 Å². The molecule has 0 fully saturated rings. The van der Waals surface area contributed by atoms with Gasteiger partial charge in [-0.25, -0.2) is 0 Å². The molecule has 0 saturated heterocycles. The summed E-state index contributed by atoms with van der Waals surface area (Å²) in [6.45, 7) is 0. The van der Waals surface area contributed by atoms with E-state index in [0.29, 0.717) is 0 Å². The lowest BCUT2D eigenvalue weighted by Crippen LogP contribution is -1.77. The zero-order valence-corrected chi connectivity index (χ0v) is 7.83. The van der Waals surface area contributed by atoms with E-state index >= 15 is 0 Å². The molecule has 13 heavy (non-hydrogen) atoms. The molecular weight excluding hydrogens is 182 g/mol. The SMILES string of the molecule is c1ccc(CSc2cnoc2)cc1. The van der Waals surface area contributed by atoms with Gasteiger partial charge in [0, 0.05) is 5.75 Å². The summed E-state index contributed by atoms with van der Waals surface area (Å²) < 4.78 is 4.73. The molecule has 0 spiro atoms. The van der Waals surface area contributed by atoms with Gasteiger partial charge in [0.15, 0.2) is 0 Å². The van der Waals surface area contributed by atoms with Crippen molar-refractivity contribution in [1.82, 2.24) is 5.16 Å². The van der Waals surface area contributed by atoms with E-state index in [9.17, 15) is 0 Å². The Bertz CT molecular complexity index is 344. The molecule has 2 rings (SSSR count). The van der Waals surface area contributed by atoms with Crippen LogP contribution in [0.1, 0.15) is 5.56 Å². The van der Waals surface area contributed by atoms with E-state index in [1.54, 1.807) is 24.2 Å². The van der Waals surface area contributed by atoms with Gasteiger partial charge < -0.3 is 4.52 Å². The van der Waals surface area contributed by atoms with Gasteiger partial charge in [-0.15, -0.1) is 11.8 Å². The number of thioether (sulfide) groups is 1. The second-order valence-corrected chi connectivity index (χ2v) is 3.68. The van der Waals surface area contributed by atoms with Gasteiger partial charge in [-0.2, -0.15) is 0 Å². The van der Waals surface area contributed by atoms with Crippen molar-refractivity contribution in [3.8, 4) is 0 Å². The molecule has 66 valence electrons. The molecule has 0 saturated carbocycles. The summed E-state index contributed by atoms with van der Waals surface area (Å²) in [5.41, 5.74) is 1.31. The highest BCUT2D eigenvalue weighted by molar-refractivity contribution is 7.98. The van der Waals surface area contributed by atoms with Crippen molar-refractivity contribution in [3.63, 3.8) is 0 Å². The van der Waals surface area contributed by atoms with Crippen LogP contribution in [0.3, 0.4) is 0 Å². The van der Waals surface area contributed by atoms with Crippen LogP contribution in [0.15, 0.2) is 52.2 Å². The molecule has 3 heteroatoms. The smallest absolute Gasteiger partial charge is 0.137 e. The van der Waals surface area contributed by atoms with Crippen LogP contribution in [0, 0.1) is 0 Å². The molecule has 2 nitrogen and oxygen atoms in total. The van der Waals surface area contributed by atoms with Crippen molar-refractivity contribution in [1.29, 1.82) is 0 Å². The van der Waals surface area contributed by atoms with Crippen LogP contribution in [0.4, 0.5) is 0 Å². The topological polar surface area (TPSA) is 26.0 Å². The van der Waals surface area contributed by atoms with E-state index in [1.807, 2.05) is 18.2 Å². The first-order valence-corrected chi connectivity index (χ1v) is 5.00. The average molecular weight is 191 g/mol. The van der Waals surface area contributed by atoms with Gasteiger partial charge in [-0.3, -0.25) is 0 Å². The van der Waals surface area contributed by atoms with Gasteiger partial charge >= 0.3 is 0 Å². The standard InChI is InChI=1S/C10H9NOS/c1-2-4-9(5-3-1)8-13-10-6-11-12-7-10/h1-7H,8H2. The van der Waals surface area contributed by atoms with E-state index in [1.165, 1.54) is 5.56 Å². The Balaban J connectivity index is 1.94. The number of aromatic nitrogens is 1. The molecule has 0 unspecified atom stereocenters. The molecule has 0 aliphatic rings. The summed E-state index contributed by atoms with van der Waals surface area (Å²) in [6, 6.07) is 10.3. The lowest BCUT2D eigenvalue weighted by Gasteiger charge is -1.96. The molecule has 0 bridgehead atoms. The van der Waals surface area contributed by atoms with Crippen molar-refractivity contribution >= 4 is 11.8 Å². The van der Waals surface area contributed by atoms with E-state index in [2.05, 4.69) is 17.3 Å². The third-order valence-corrected chi connectivity index (χ3v) is 2.67. The Morgan fingerprint density at radius 3 is 2.77 bits per heavy atom. The van der Waals surface area contributed by atoms with Crippen LogP contribution in [-0.2, 0) is 5.75 Å². The maximum absolute atomic E-state index is 4.73. The van der Waals surface area contributed by atoms with Crippen molar-refractivity contribution in [2.24, 2.45) is 0 Å². The zero-order valence-electron chi connectivity index (χ0n) is 7.01. The first-order chi connectivity index (χ1) is 6.45. The fourth-order valence-electron chi connectivity index (χ4n) is 1.01. The second-order valence-electron chi connectivity index (χ2n) is 2.63. The van der Waals surface area contributed by atoms with Crippen LogP contribution in [0.25, 0.3) is 0 Å². The number of nitrogens with zero attached hydrogens (tertiary/aromatic N) is 1. The normalized spacial score (nSPS) is 10.2. The molecule has 0 atom stereocenters. The highest BCUT2D eigenvalue weighted by Gasteiger charge is 1.96. The molecule has 2 aromatic rings. The molecular formula is C10H9NOS. The molecule has 1 heterocycles. The minimum absolute atomic E-state index is 0.960. The Hall–Kier alpha value is -1.22. The highest BCUT2D eigenvalue weighted by atomic mass is 32.2. The monoisotopic (exact) mass is 191 g/mol. The van der Waals surface area contributed by atoms with Gasteiger partial charge in [0.25, 0.3) is 0 Å². The van der Waals surface area contributed by atoms with E-state index in [-0.39, 0.29) is 0 Å². The zero-order chi connectivity index (χ0) is 8.93. The summed E-state index contributed by atoms with van der Waals surface area (Å²) in [5.74, 6) is 0.960. The minimum atomic E-state index is 0.960. The fourth-order valence-corrected chi connectivity index (χ4v) is 1.76. The van der Waals surface area contributed by atoms with Crippen molar-refractivity contribution < 1.29 is 4.52 Å². The fraction of sp³-hybridized carbons (Fsp3) is 0.100.